The molecule has 2 aromatic rings. The van der Waals surface area contributed by atoms with Crippen molar-refractivity contribution in [2.75, 3.05) is 11.9 Å². The molecular formula is C14H17N3O2. The minimum Gasteiger partial charge on any atom is -0.462 e. The number of hydrogen-bond acceptors (Lipinski definition) is 4. The number of aromatic nitrogens is 2. The van der Waals surface area contributed by atoms with Gasteiger partial charge in [0.15, 0.2) is 0 Å². The van der Waals surface area contributed by atoms with Crippen molar-refractivity contribution in [1.82, 2.24) is 9.55 Å². The van der Waals surface area contributed by atoms with Crippen LogP contribution in [0.3, 0.4) is 0 Å². The Kier molecular flexibility index (Phi) is 4.18. The zero-order valence-corrected chi connectivity index (χ0v) is 11.1. The first-order chi connectivity index (χ1) is 9.22. The number of ether oxygens (including phenoxy) is 1. The van der Waals surface area contributed by atoms with Gasteiger partial charge in [-0.05, 0) is 19.1 Å². The fourth-order valence-corrected chi connectivity index (χ4v) is 1.76. The monoisotopic (exact) mass is 259 g/mol. The minimum atomic E-state index is -0.310. The van der Waals surface area contributed by atoms with E-state index in [-0.39, 0.29) is 5.97 Å². The van der Waals surface area contributed by atoms with Crippen molar-refractivity contribution in [3.05, 3.63) is 48.0 Å². The van der Waals surface area contributed by atoms with Crippen molar-refractivity contribution in [1.29, 1.82) is 0 Å². The van der Waals surface area contributed by atoms with Crippen LogP contribution in [0.15, 0.2) is 36.8 Å². The van der Waals surface area contributed by atoms with Crippen LogP contribution >= 0.6 is 0 Å². The van der Waals surface area contributed by atoms with E-state index in [1.54, 1.807) is 25.5 Å². The van der Waals surface area contributed by atoms with Gasteiger partial charge in [0.1, 0.15) is 0 Å². The van der Waals surface area contributed by atoms with Gasteiger partial charge in [-0.25, -0.2) is 9.78 Å². The summed E-state index contributed by atoms with van der Waals surface area (Å²) in [6.07, 6.45) is 3.54. The first-order valence-electron chi connectivity index (χ1n) is 6.17. The number of nitrogens with zero attached hydrogens (tertiary/aromatic N) is 2. The molecule has 0 unspecified atom stereocenters. The molecule has 100 valence electrons. The highest BCUT2D eigenvalue weighted by Crippen LogP contribution is 2.17. The zero-order chi connectivity index (χ0) is 13.7. The summed E-state index contributed by atoms with van der Waals surface area (Å²) in [6.45, 7) is 2.77. The first kappa shape index (κ1) is 13.1. The minimum absolute atomic E-state index is 0.310. The van der Waals surface area contributed by atoms with Crippen molar-refractivity contribution < 1.29 is 9.53 Å². The molecule has 0 radical (unpaired) electrons. The second kappa shape index (κ2) is 6.04. The summed E-state index contributed by atoms with van der Waals surface area (Å²) in [5.41, 5.74) is 2.35. The van der Waals surface area contributed by atoms with Gasteiger partial charge in [-0.1, -0.05) is 12.1 Å². The number of hydrogen-bond donors (Lipinski definition) is 1. The van der Waals surface area contributed by atoms with Gasteiger partial charge in [-0.2, -0.15) is 0 Å². The van der Waals surface area contributed by atoms with Crippen LogP contribution in [-0.2, 0) is 18.3 Å². The lowest BCUT2D eigenvalue weighted by molar-refractivity contribution is 0.0527. The zero-order valence-electron chi connectivity index (χ0n) is 11.1. The van der Waals surface area contributed by atoms with Crippen LogP contribution in [0, 0.1) is 0 Å². The van der Waals surface area contributed by atoms with Crippen LogP contribution in [0.1, 0.15) is 23.0 Å². The Bertz CT molecular complexity index is 563. The third kappa shape index (κ3) is 3.13. The molecule has 0 saturated heterocycles. The summed E-state index contributed by atoms with van der Waals surface area (Å²) < 4.78 is 6.96. The van der Waals surface area contributed by atoms with Crippen molar-refractivity contribution in [3.63, 3.8) is 0 Å². The van der Waals surface area contributed by atoms with Gasteiger partial charge in [0.2, 0.25) is 0 Å². The molecule has 0 saturated carbocycles. The van der Waals surface area contributed by atoms with E-state index >= 15 is 0 Å². The summed E-state index contributed by atoms with van der Waals surface area (Å²) in [5, 5.41) is 3.23. The lowest BCUT2D eigenvalue weighted by atomic mass is 10.2. The standard InChI is InChI=1S/C14H17N3O2/c1-3-19-14(18)12-6-4-5-7-13(12)16-9-11-8-15-10-17(11)2/h4-8,10,16H,3,9H2,1-2H3. The van der Waals surface area contributed by atoms with Crippen molar-refractivity contribution in [2.45, 2.75) is 13.5 Å². The van der Waals surface area contributed by atoms with Gasteiger partial charge in [0.25, 0.3) is 0 Å². The fraction of sp³-hybridized carbons (Fsp3) is 0.286. The molecule has 19 heavy (non-hydrogen) atoms. The lowest BCUT2D eigenvalue weighted by Crippen LogP contribution is -2.10. The number of imidazole rings is 1. The number of aryl methyl sites for hydroxylation is 1. The van der Waals surface area contributed by atoms with Crippen LogP contribution < -0.4 is 5.32 Å². The molecular weight excluding hydrogens is 242 g/mol. The maximum atomic E-state index is 11.8. The molecule has 0 aliphatic heterocycles. The second-order valence-electron chi connectivity index (χ2n) is 4.12. The maximum absolute atomic E-state index is 11.8. The molecule has 0 spiro atoms. The van der Waals surface area contributed by atoms with Crippen molar-refractivity contribution >= 4 is 11.7 Å². The van der Waals surface area contributed by atoms with Crippen LogP contribution in [0.2, 0.25) is 0 Å². The van der Waals surface area contributed by atoms with Gasteiger partial charge in [0, 0.05) is 18.9 Å². The van der Waals surface area contributed by atoms with Crippen LogP contribution in [0.25, 0.3) is 0 Å². The molecule has 2 rings (SSSR count). The van der Waals surface area contributed by atoms with Gasteiger partial charge in [-0.15, -0.1) is 0 Å². The normalized spacial score (nSPS) is 10.2. The summed E-state index contributed by atoms with van der Waals surface area (Å²) >= 11 is 0. The Hall–Kier alpha value is -2.30. The van der Waals surface area contributed by atoms with Gasteiger partial charge < -0.3 is 14.6 Å². The molecule has 0 fully saturated rings. The topological polar surface area (TPSA) is 56.1 Å². The van der Waals surface area contributed by atoms with Crippen molar-refractivity contribution in [3.8, 4) is 0 Å². The third-order valence-corrected chi connectivity index (χ3v) is 2.80. The second-order valence-corrected chi connectivity index (χ2v) is 4.12. The Morgan fingerprint density at radius 1 is 1.42 bits per heavy atom. The average Bonchev–Trinajstić information content (AvgIpc) is 2.82. The van der Waals surface area contributed by atoms with E-state index in [2.05, 4.69) is 10.3 Å². The predicted molar refractivity (Wildman–Crippen MR) is 72.9 cm³/mol. The van der Waals surface area contributed by atoms with E-state index in [0.717, 1.165) is 11.4 Å². The van der Waals surface area contributed by atoms with Crippen LogP contribution in [-0.4, -0.2) is 22.1 Å². The Labute approximate surface area is 112 Å². The number of carbonyl (C=O) groups excluding carboxylic acids is 1. The summed E-state index contributed by atoms with van der Waals surface area (Å²) in [7, 11) is 1.93. The number of nitrogens with one attached hydrogen (secondary N) is 1. The van der Waals surface area contributed by atoms with Crippen LogP contribution in [0.5, 0.6) is 0 Å². The summed E-state index contributed by atoms with van der Waals surface area (Å²) in [4.78, 5) is 15.9. The van der Waals surface area contributed by atoms with E-state index in [1.807, 2.05) is 29.8 Å². The van der Waals surface area contributed by atoms with Gasteiger partial charge >= 0.3 is 5.97 Å². The Balaban J connectivity index is 2.12. The highest BCUT2D eigenvalue weighted by atomic mass is 16.5. The average molecular weight is 259 g/mol. The Morgan fingerprint density at radius 3 is 2.89 bits per heavy atom. The molecule has 1 aromatic heterocycles. The highest BCUT2D eigenvalue weighted by Gasteiger charge is 2.11. The first-order valence-corrected chi connectivity index (χ1v) is 6.17. The number of benzene rings is 1. The molecule has 0 aliphatic carbocycles. The molecule has 1 heterocycles. The molecule has 0 atom stereocenters. The largest absolute Gasteiger partial charge is 0.462 e. The quantitative estimate of drug-likeness (QED) is 0.836. The molecule has 1 aromatic carbocycles. The van der Waals surface area contributed by atoms with E-state index in [9.17, 15) is 4.79 Å². The fourth-order valence-electron chi connectivity index (χ4n) is 1.76. The summed E-state index contributed by atoms with van der Waals surface area (Å²) in [5.74, 6) is -0.310. The lowest BCUT2D eigenvalue weighted by Gasteiger charge is -2.11. The van der Waals surface area contributed by atoms with E-state index in [1.165, 1.54) is 0 Å². The Morgan fingerprint density at radius 2 is 2.21 bits per heavy atom. The SMILES string of the molecule is CCOC(=O)c1ccccc1NCc1cncn1C. The number of anilines is 1. The predicted octanol–water partition coefficient (Wildman–Crippen LogP) is 2.21. The number of carbonyl (C=O) groups is 1. The molecule has 0 amide bonds. The number of esters is 1. The number of rotatable bonds is 5. The smallest absolute Gasteiger partial charge is 0.340 e. The summed E-state index contributed by atoms with van der Waals surface area (Å²) in [6, 6.07) is 7.32. The molecule has 1 N–H and O–H groups in total. The van der Waals surface area contributed by atoms with Gasteiger partial charge in [0.05, 0.1) is 30.7 Å². The van der Waals surface area contributed by atoms with E-state index in [4.69, 9.17) is 4.74 Å². The third-order valence-electron chi connectivity index (χ3n) is 2.80. The molecule has 0 aliphatic rings. The van der Waals surface area contributed by atoms with E-state index < -0.39 is 0 Å². The maximum Gasteiger partial charge on any atom is 0.340 e. The number of para-hydroxylation sites is 1. The highest BCUT2D eigenvalue weighted by molar-refractivity contribution is 5.95. The van der Waals surface area contributed by atoms with Crippen LogP contribution in [0.4, 0.5) is 5.69 Å². The van der Waals surface area contributed by atoms with Gasteiger partial charge in [-0.3, -0.25) is 0 Å². The molecule has 5 nitrogen and oxygen atoms in total. The van der Waals surface area contributed by atoms with E-state index in [0.29, 0.717) is 18.7 Å². The molecule has 5 heteroatoms. The van der Waals surface area contributed by atoms with Crippen molar-refractivity contribution in [2.24, 2.45) is 7.05 Å². The molecule has 0 bridgehead atoms.